The third-order valence-corrected chi connectivity index (χ3v) is 2.70. The number of halogens is 1. The number of unbranched alkanes of at least 4 members (excludes halogenated alkanes) is 1. The highest BCUT2D eigenvalue weighted by Crippen LogP contribution is 2.23. The van der Waals surface area contributed by atoms with Crippen molar-refractivity contribution in [2.45, 2.75) is 31.8 Å². The number of ether oxygens (including phenoxy) is 1. The topological polar surface area (TPSA) is 59.4 Å². The molecule has 17 heavy (non-hydrogen) atoms. The molecule has 0 spiro atoms. The van der Waals surface area contributed by atoms with Gasteiger partial charge < -0.3 is 9.84 Å². The summed E-state index contributed by atoms with van der Waals surface area (Å²) in [7, 11) is 1.62. The third-order valence-electron chi connectivity index (χ3n) is 2.46. The predicted molar refractivity (Wildman–Crippen MR) is 65.1 cm³/mol. The van der Waals surface area contributed by atoms with Gasteiger partial charge >= 0.3 is 5.97 Å². The summed E-state index contributed by atoms with van der Waals surface area (Å²) in [4.78, 5) is 14.6. The van der Waals surface area contributed by atoms with E-state index in [2.05, 4.69) is 4.98 Å². The minimum absolute atomic E-state index is 0.123. The largest absolute Gasteiger partial charge is 0.481 e. The Bertz CT molecular complexity index is 371. The highest BCUT2D eigenvalue weighted by Gasteiger charge is 2.12. The summed E-state index contributed by atoms with van der Waals surface area (Å²) >= 11 is 5.88. The first-order valence-electron chi connectivity index (χ1n) is 5.49. The van der Waals surface area contributed by atoms with Gasteiger partial charge in [0, 0.05) is 24.8 Å². The molecule has 0 saturated heterocycles. The standard InChI is InChI=1S/C12H16ClNO3/c1-17-11(4-2-3-5-12(15)16)10-8-9(13)6-7-14-10/h6-8,11H,2-5H2,1H3,(H,15,16). The summed E-state index contributed by atoms with van der Waals surface area (Å²) in [6.07, 6.45) is 3.90. The lowest BCUT2D eigenvalue weighted by Gasteiger charge is -2.14. The molecule has 94 valence electrons. The van der Waals surface area contributed by atoms with Gasteiger partial charge in [0.25, 0.3) is 0 Å². The Morgan fingerprint density at radius 3 is 2.94 bits per heavy atom. The highest BCUT2D eigenvalue weighted by atomic mass is 35.5. The van der Waals surface area contributed by atoms with Crippen molar-refractivity contribution in [2.24, 2.45) is 0 Å². The molecule has 1 aromatic rings. The second kappa shape index (κ2) is 7.25. The van der Waals surface area contributed by atoms with E-state index in [0.29, 0.717) is 11.4 Å². The molecule has 0 aliphatic rings. The van der Waals surface area contributed by atoms with Crippen LogP contribution in [0.15, 0.2) is 18.3 Å². The monoisotopic (exact) mass is 257 g/mol. The van der Waals surface area contributed by atoms with Gasteiger partial charge in [-0.1, -0.05) is 11.6 Å². The zero-order valence-electron chi connectivity index (χ0n) is 9.73. The molecule has 1 aromatic heterocycles. The van der Waals surface area contributed by atoms with E-state index < -0.39 is 5.97 Å². The third kappa shape index (κ3) is 5.15. The summed E-state index contributed by atoms with van der Waals surface area (Å²) in [6.45, 7) is 0. The lowest BCUT2D eigenvalue weighted by atomic mass is 10.1. The van der Waals surface area contributed by atoms with Gasteiger partial charge in [-0.3, -0.25) is 9.78 Å². The van der Waals surface area contributed by atoms with Gasteiger partial charge in [-0.25, -0.2) is 0 Å². The number of aliphatic carboxylic acids is 1. The molecule has 0 aliphatic carbocycles. The quantitative estimate of drug-likeness (QED) is 0.763. The Labute approximate surface area is 106 Å². The van der Waals surface area contributed by atoms with E-state index in [1.165, 1.54) is 0 Å². The van der Waals surface area contributed by atoms with E-state index in [1.807, 2.05) is 0 Å². The van der Waals surface area contributed by atoms with Gasteiger partial charge in [0.15, 0.2) is 0 Å². The maximum Gasteiger partial charge on any atom is 0.303 e. The Hall–Kier alpha value is -1.13. The molecule has 0 radical (unpaired) electrons. The van der Waals surface area contributed by atoms with E-state index in [0.717, 1.165) is 18.5 Å². The number of carbonyl (C=O) groups is 1. The van der Waals surface area contributed by atoms with Gasteiger partial charge in [-0.2, -0.15) is 0 Å². The van der Waals surface area contributed by atoms with E-state index >= 15 is 0 Å². The number of rotatable bonds is 7. The van der Waals surface area contributed by atoms with Crippen molar-refractivity contribution in [3.8, 4) is 0 Å². The molecule has 0 aliphatic heterocycles. The summed E-state index contributed by atoms with van der Waals surface area (Å²) in [6, 6.07) is 3.48. The summed E-state index contributed by atoms with van der Waals surface area (Å²) in [5.41, 5.74) is 0.787. The van der Waals surface area contributed by atoms with Crippen molar-refractivity contribution in [3.05, 3.63) is 29.0 Å². The fourth-order valence-corrected chi connectivity index (χ4v) is 1.76. The summed E-state index contributed by atoms with van der Waals surface area (Å²) in [5.74, 6) is -0.764. The zero-order valence-corrected chi connectivity index (χ0v) is 10.5. The van der Waals surface area contributed by atoms with Crippen molar-refractivity contribution in [1.82, 2.24) is 4.98 Å². The molecule has 0 saturated carbocycles. The molecule has 0 fully saturated rings. The first-order valence-corrected chi connectivity index (χ1v) is 5.87. The molecule has 1 heterocycles. The maximum absolute atomic E-state index is 10.4. The predicted octanol–water partition coefficient (Wildman–Crippen LogP) is 3.07. The number of nitrogens with zero attached hydrogens (tertiary/aromatic N) is 1. The zero-order chi connectivity index (χ0) is 12.7. The lowest BCUT2D eigenvalue weighted by Crippen LogP contribution is -2.04. The Morgan fingerprint density at radius 2 is 2.35 bits per heavy atom. The molecule has 0 bridgehead atoms. The number of pyridine rings is 1. The van der Waals surface area contributed by atoms with Crippen molar-refractivity contribution >= 4 is 17.6 Å². The number of hydrogen-bond donors (Lipinski definition) is 1. The molecule has 0 aromatic carbocycles. The van der Waals surface area contributed by atoms with Crippen molar-refractivity contribution in [1.29, 1.82) is 0 Å². The second-order valence-electron chi connectivity index (χ2n) is 3.76. The molecule has 1 atom stereocenters. The first-order chi connectivity index (χ1) is 8.13. The van der Waals surface area contributed by atoms with Crippen molar-refractivity contribution < 1.29 is 14.6 Å². The molecule has 1 rings (SSSR count). The fourth-order valence-electron chi connectivity index (χ4n) is 1.59. The van der Waals surface area contributed by atoms with Gasteiger partial charge in [-0.05, 0) is 31.4 Å². The minimum atomic E-state index is -0.764. The molecule has 4 nitrogen and oxygen atoms in total. The van der Waals surface area contributed by atoms with Crippen LogP contribution in [0.4, 0.5) is 0 Å². The maximum atomic E-state index is 10.4. The molecule has 5 heteroatoms. The van der Waals surface area contributed by atoms with Crippen LogP contribution in [0, 0.1) is 0 Å². The average Bonchev–Trinajstić information content (AvgIpc) is 2.29. The van der Waals surface area contributed by atoms with E-state index in [9.17, 15) is 4.79 Å². The van der Waals surface area contributed by atoms with Crippen LogP contribution >= 0.6 is 11.6 Å². The minimum Gasteiger partial charge on any atom is -0.481 e. The molecule has 0 amide bonds. The summed E-state index contributed by atoms with van der Waals surface area (Å²) in [5, 5.41) is 9.16. The average molecular weight is 258 g/mol. The number of hydrogen-bond acceptors (Lipinski definition) is 3. The normalized spacial score (nSPS) is 12.4. The van der Waals surface area contributed by atoms with Crippen LogP contribution in [0.3, 0.4) is 0 Å². The van der Waals surface area contributed by atoms with E-state index in [1.54, 1.807) is 25.4 Å². The Balaban J connectivity index is 2.45. The SMILES string of the molecule is COC(CCCCC(=O)O)c1cc(Cl)ccn1. The Kier molecular flexibility index (Phi) is 5.94. The van der Waals surface area contributed by atoms with E-state index in [-0.39, 0.29) is 12.5 Å². The van der Waals surface area contributed by atoms with Gasteiger partial charge in [-0.15, -0.1) is 0 Å². The number of methoxy groups -OCH3 is 1. The number of aromatic nitrogens is 1. The fraction of sp³-hybridized carbons (Fsp3) is 0.500. The molecule has 1 unspecified atom stereocenters. The highest BCUT2D eigenvalue weighted by molar-refractivity contribution is 6.30. The van der Waals surface area contributed by atoms with Crippen LogP contribution < -0.4 is 0 Å². The van der Waals surface area contributed by atoms with Gasteiger partial charge in [0.1, 0.15) is 0 Å². The molecule has 1 N–H and O–H groups in total. The molecular weight excluding hydrogens is 242 g/mol. The smallest absolute Gasteiger partial charge is 0.303 e. The van der Waals surface area contributed by atoms with Crippen LogP contribution in [0.1, 0.15) is 37.5 Å². The van der Waals surface area contributed by atoms with Crippen molar-refractivity contribution in [2.75, 3.05) is 7.11 Å². The van der Waals surface area contributed by atoms with Crippen LogP contribution in [-0.2, 0) is 9.53 Å². The summed E-state index contributed by atoms with van der Waals surface area (Å²) < 4.78 is 5.33. The Morgan fingerprint density at radius 1 is 1.59 bits per heavy atom. The van der Waals surface area contributed by atoms with Gasteiger partial charge in [0.05, 0.1) is 11.8 Å². The van der Waals surface area contributed by atoms with Crippen LogP contribution in [0.25, 0.3) is 0 Å². The number of carboxylic acid groups (broad SMARTS) is 1. The second-order valence-corrected chi connectivity index (χ2v) is 4.20. The first kappa shape index (κ1) is 13.9. The van der Waals surface area contributed by atoms with Crippen LogP contribution in [-0.4, -0.2) is 23.2 Å². The van der Waals surface area contributed by atoms with Gasteiger partial charge in [0.2, 0.25) is 0 Å². The molecular formula is C12H16ClNO3. The number of carboxylic acids is 1. The van der Waals surface area contributed by atoms with Crippen molar-refractivity contribution in [3.63, 3.8) is 0 Å². The van der Waals surface area contributed by atoms with Crippen LogP contribution in [0.2, 0.25) is 5.02 Å². The lowest BCUT2D eigenvalue weighted by molar-refractivity contribution is -0.137. The van der Waals surface area contributed by atoms with E-state index in [4.69, 9.17) is 21.4 Å². The van der Waals surface area contributed by atoms with Crippen LogP contribution in [0.5, 0.6) is 0 Å².